The van der Waals surface area contributed by atoms with Crippen molar-refractivity contribution in [1.82, 2.24) is 4.98 Å². The Kier molecular flexibility index (Phi) is 3.76. The second kappa shape index (κ2) is 4.47. The van der Waals surface area contributed by atoms with Crippen LogP contribution in [0.15, 0.2) is 12.1 Å². The van der Waals surface area contributed by atoms with Gasteiger partial charge in [0.25, 0.3) is 0 Å². The zero-order valence-corrected chi connectivity index (χ0v) is 9.99. The second-order valence-corrected chi connectivity index (χ2v) is 4.73. The summed E-state index contributed by atoms with van der Waals surface area (Å²) in [5, 5.41) is 0.802. The lowest BCUT2D eigenvalue weighted by Gasteiger charge is -2.19. The van der Waals surface area contributed by atoms with Gasteiger partial charge in [0, 0.05) is 5.56 Å². The zero-order chi connectivity index (χ0) is 10.8. The minimum atomic E-state index is -0.178. The molecule has 1 heterocycles. The van der Waals surface area contributed by atoms with E-state index in [1.807, 2.05) is 26.8 Å². The lowest BCUT2D eigenvalue weighted by Crippen LogP contribution is -2.18. The Morgan fingerprint density at radius 3 is 2.43 bits per heavy atom. The summed E-state index contributed by atoms with van der Waals surface area (Å²) in [5.74, 6) is 0. The maximum Gasteiger partial charge on any atom is 0.136 e. The van der Waals surface area contributed by atoms with Crippen molar-refractivity contribution in [1.29, 1.82) is 0 Å². The van der Waals surface area contributed by atoms with Gasteiger partial charge in [-0.05, 0) is 26.8 Å². The van der Waals surface area contributed by atoms with Gasteiger partial charge < -0.3 is 4.74 Å². The van der Waals surface area contributed by atoms with Gasteiger partial charge in [-0.3, -0.25) is 0 Å². The molecular weight excluding hydrogens is 221 g/mol. The van der Waals surface area contributed by atoms with Gasteiger partial charge in [-0.1, -0.05) is 29.3 Å². The summed E-state index contributed by atoms with van der Waals surface area (Å²) in [6.45, 7) is 6.42. The van der Waals surface area contributed by atoms with Crippen molar-refractivity contribution >= 4 is 23.2 Å². The second-order valence-electron chi connectivity index (χ2n) is 3.98. The van der Waals surface area contributed by atoms with Crippen molar-refractivity contribution in [3.05, 3.63) is 28.0 Å². The molecular formula is C10H13Cl2NO. The number of ether oxygens (including phenoxy) is 1. The summed E-state index contributed by atoms with van der Waals surface area (Å²) >= 11 is 11.6. The lowest BCUT2D eigenvalue weighted by atomic mass is 10.2. The lowest BCUT2D eigenvalue weighted by molar-refractivity contribution is -0.0150. The van der Waals surface area contributed by atoms with E-state index in [1.165, 1.54) is 0 Å². The molecule has 14 heavy (non-hydrogen) atoms. The Labute approximate surface area is 94.2 Å². The molecule has 1 aromatic heterocycles. The summed E-state index contributed by atoms with van der Waals surface area (Å²) in [5.41, 5.74) is 0.675. The largest absolute Gasteiger partial charge is 0.371 e. The molecule has 0 aliphatic heterocycles. The fourth-order valence-corrected chi connectivity index (χ4v) is 1.24. The SMILES string of the molecule is CC(C)(C)OCc1ccc(Cl)nc1Cl. The molecule has 0 aliphatic rings. The minimum absolute atomic E-state index is 0.178. The molecule has 0 saturated carbocycles. The van der Waals surface area contributed by atoms with Crippen molar-refractivity contribution in [3.8, 4) is 0 Å². The van der Waals surface area contributed by atoms with E-state index in [0.717, 1.165) is 5.56 Å². The molecule has 2 nitrogen and oxygen atoms in total. The molecule has 4 heteroatoms. The third-order valence-corrected chi connectivity index (χ3v) is 2.09. The van der Waals surface area contributed by atoms with E-state index in [9.17, 15) is 0 Å². The predicted molar refractivity (Wildman–Crippen MR) is 58.8 cm³/mol. The molecule has 1 aromatic rings. The van der Waals surface area contributed by atoms with E-state index >= 15 is 0 Å². The van der Waals surface area contributed by atoms with E-state index in [-0.39, 0.29) is 5.60 Å². The maximum absolute atomic E-state index is 5.88. The first kappa shape index (κ1) is 11.8. The number of hydrogen-bond acceptors (Lipinski definition) is 2. The molecule has 78 valence electrons. The standard InChI is InChI=1S/C10H13Cl2NO/c1-10(2,3)14-6-7-4-5-8(11)13-9(7)12/h4-5H,6H2,1-3H3. The maximum atomic E-state index is 5.88. The molecule has 0 aliphatic carbocycles. The van der Waals surface area contributed by atoms with E-state index in [4.69, 9.17) is 27.9 Å². The number of rotatable bonds is 2. The topological polar surface area (TPSA) is 22.1 Å². The molecule has 0 N–H and O–H groups in total. The fourth-order valence-electron chi connectivity index (χ4n) is 0.843. The summed E-state index contributed by atoms with van der Waals surface area (Å²) in [4.78, 5) is 3.93. The molecule has 0 atom stereocenters. The minimum Gasteiger partial charge on any atom is -0.371 e. The molecule has 0 saturated heterocycles. The van der Waals surface area contributed by atoms with Crippen LogP contribution in [0.4, 0.5) is 0 Å². The van der Waals surface area contributed by atoms with Crippen LogP contribution in [0.25, 0.3) is 0 Å². The van der Waals surface area contributed by atoms with Crippen molar-refractivity contribution in [2.75, 3.05) is 0 Å². The van der Waals surface area contributed by atoms with Gasteiger partial charge >= 0.3 is 0 Å². The predicted octanol–water partition coefficient (Wildman–Crippen LogP) is 3.70. The van der Waals surface area contributed by atoms with Crippen LogP contribution in [-0.4, -0.2) is 10.6 Å². The molecule has 0 bridgehead atoms. The summed E-state index contributed by atoms with van der Waals surface area (Å²) in [7, 11) is 0. The molecule has 0 radical (unpaired) electrons. The molecule has 0 unspecified atom stereocenters. The Morgan fingerprint density at radius 2 is 1.93 bits per heavy atom. The summed E-state index contributed by atoms with van der Waals surface area (Å²) < 4.78 is 5.57. The van der Waals surface area contributed by atoms with Crippen molar-refractivity contribution < 1.29 is 4.74 Å². The normalized spacial score (nSPS) is 11.8. The fraction of sp³-hybridized carbons (Fsp3) is 0.500. The van der Waals surface area contributed by atoms with E-state index in [2.05, 4.69) is 4.98 Å². The highest BCUT2D eigenvalue weighted by atomic mass is 35.5. The van der Waals surface area contributed by atoms with Crippen LogP contribution in [0.2, 0.25) is 10.3 Å². The van der Waals surface area contributed by atoms with Crippen molar-refractivity contribution in [3.63, 3.8) is 0 Å². The van der Waals surface area contributed by atoms with Gasteiger partial charge in [-0.2, -0.15) is 0 Å². The van der Waals surface area contributed by atoms with E-state index in [0.29, 0.717) is 16.9 Å². The van der Waals surface area contributed by atoms with Crippen molar-refractivity contribution in [2.24, 2.45) is 0 Å². The molecule has 0 aromatic carbocycles. The van der Waals surface area contributed by atoms with Crippen LogP contribution in [0.3, 0.4) is 0 Å². The van der Waals surface area contributed by atoms with Gasteiger partial charge in [0.05, 0.1) is 12.2 Å². The number of halogens is 2. The molecule has 1 rings (SSSR count). The highest BCUT2D eigenvalue weighted by Gasteiger charge is 2.11. The molecule has 0 fully saturated rings. The first-order chi connectivity index (χ1) is 6.38. The average molecular weight is 234 g/mol. The van der Waals surface area contributed by atoms with Crippen LogP contribution in [-0.2, 0) is 11.3 Å². The van der Waals surface area contributed by atoms with Crippen LogP contribution in [0.5, 0.6) is 0 Å². The number of hydrogen-bond donors (Lipinski definition) is 0. The Balaban J connectivity index is 2.68. The highest BCUT2D eigenvalue weighted by Crippen LogP contribution is 2.19. The van der Waals surface area contributed by atoms with Gasteiger partial charge in [0.2, 0.25) is 0 Å². The number of aromatic nitrogens is 1. The van der Waals surface area contributed by atoms with E-state index in [1.54, 1.807) is 6.07 Å². The Morgan fingerprint density at radius 1 is 1.29 bits per heavy atom. The van der Waals surface area contributed by atoms with Crippen LogP contribution >= 0.6 is 23.2 Å². The molecule has 0 spiro atoms. The van der Waals surface area contributed by atoms with Crippen LogP contribution in [0, 0.1) is 0 Å². The number of pyridine rings is 1. The Hall–Kier alpha value is -0.310. The first-order valence-electron chi connectivity index (χ1n) is 4.33. The quantitative estimate of drug-likeness (QED) is 0.728. The van der Waals surface area contributed by atoms with Crippen LogP contribution < -0.4 is 0 Å². The smallest absolute Gasteiger partial charge is 0.136 e. The zero-order valence-electron chi connectivity index (χ0n) is 8.47. The van der Waals surface area contributed by atoms with Crippen LogP contribution in [0.1, 0.15) is 26.3 Å². The first-order valence-corrected chi connectivity index (χ1v) is 5.09. The van der Waals surface area contributed by atoms with Gasteiger partial charge in [-0.25, -0.2) is 4.98 Å². The highest BCUT2D eigenvalue weighted by molar-refractivity contribution is 6.32. The van der Waals surface area contributed by atoms with E-state index < -0.39 is 0 Å². The monoisotopic (exact) mass is 233 g/mol. The summed E-state index contributed by atoms with van der Waals surface area (Å²) in [6.07, 6.45) is 0. The van der Waals surface area contributed by atoms with Gasteiger partial charge in [-0.15, -0.1) is 0 Å². The summed E-state index contributed by atoms with van der Waals surface area (Å²) in [6, 6.07) is 3.53. The Bertz CT molecular complexity index is 320. The van der Waals surface area contributed by atoms with Crippen molar-refractivity contribution in [2.45, 2.75) is 33.0 Å². The third-order valence-electron chi connectivity index (χ3n) is 1.55. The van der Waals surface area contributed by atoms with Gasteiger partial charge in [0.15, 0.2) is 0 Å². The average Bonchev–Trinajstić information content (AvgIpc) is 2.00. The number of nitrogens with zero attached hydrogens (tertiary/aromatic N) is 1. The third kappa shape index (κ3) is 3.82. The van der Waals surface area contributed by atoms with Gasteiger partial charge in [0.1, 0.15) is 10.3 Å². The molecule has 0 amide bonds.